The lowest BCUT2D eigenvalue weighted by atomic mass is 9.84. The van der Waals surface area contributed by atoms with Gasteiger partial charge in [0, 0.05) is 46.9 Å². The smallest absolute Gasteiger partial charge is 0.251 e. The van der Waals surface area contributed by atoms with Gasteiger partial charge in [0.15, 0.2) is 0 Å². The molecule has 0 aromatic heterocycles. The summed E-state index contributed by atoms with van der Waals surface area (Å²) in [5, 5.41) is 6.12. The quantitative estimate of drug-likeness (QED) is 0.534. The Bertz CT molecular complexity index is 895. The summed E-state index contributed by atoms with van der Waals surface area (Å²) in [6, 6.07) is 3.52. The molecule has 2 amide bonds. The maximum Gasteiger partial charge on any atom is 0.251 e. The van der Waals surface area contributed by atoms with Crippen LogP contribution in [-0.4, -0.2) is 62.0 Å². The Kier molecular flexibility index (Phi) is 9.07. The van der Waals surface area contributed by atoms with Crippen molar-refractivity contribution in [3.63, 3.8) is 0 Å². The molecule has 2 fully saturated rings. The van der Waals surface area contributed by atoms with E-state index < -0.39 is 0 Å². The van der Waals surface area contributed by atoms with Crippen LogP contribution in [0.2, 0.25) is 0 Å². The summed E-state index contributed by atoms with van der Waals surface area (Å²) in [5.41, 5.74) is 3.82. The van der Waals surface area contributed by atoms with Gasteiger partial charge in [0.1, 0.15) is 0 Å². The van der Waals surface area contributed by atoms with Gasteiger partial charge in [-0.15, -0.1) is 0 Å². The molecular weight excluding hydrogens is 492 g/mol. The molecule has 2 aliphatic rings. The molecule has 1 aliphatic heterocycles. The standard InChI is InChI=1S/C27H43BrN4O2/c1-8-32(21-11-9-20(10-12-21)31(6)7)24-14-23(28)18(4)25(19(24)5)27(34)29-15-22-16(2)13-17(3)30-26(22)33/h14,16-17,20-22H,8-13,15H2,1-7H3,(H,29,34)(H,30,33). The molecule has 1 aliphatic carbocycles. The predicted molar refractivity (Wildman–Crippen MR) is 144 cm³/mol. The molecule has 1 heterocycles. The Hall–Kier alpha value is -1.60. The van der Waals surface area contributed by atoms with Crippen molar-refractivity contribution in [3.8, 4) is 0 Å². The van der Waals surface area contributed by atoms with Crippen LogP contribution in [0.25, 0.3) is 0 Å². The van der Waals surface area contributed by atoms with E-state index in [2.05, 4.69) is 77.3 Å². The van der Waals surface area contributed by atoms with Crippen molar-refractivity contribution < 1.29 is 9.59 Å². The van der Waals surface area contributed by atoms with Gasteiger partial charge in [0.05, 0.1) is 5.92 Å². The van der Waals surface area contributed by atoms with E-state index >= 15 is 0 Å². The second-order valence-electron chi connectivity index (χ2n) is 10.7. The third-order valence-corrected chi connectivity index (χ3v) is 8.91. The Morgan fingerprint density at radius 2 is 1.74 bits per heavy atom. The van der Waals surface area contributed by atoms with Gasteiger partial charge in [-0.3, -0.25) is 9.59 Å². The molecule has 6 nitrogen and oxygen atoms in total. The molecule has 0 bridgehead atoms. The van der Waals surface area contributed by atoms with Gasteiger partial charge in [0.25, 0.3) is 5.91 Å². The number of halogens is 1. The zero-order valence-electron chi connectivity index (χ0n) is 22.0. The van der Waals surface area contributed by atoms with Crippen LogP contribution in [0.1, 0.15) is 74.4 Å². The highest BCUT2D eigenvalue weighted by molar-refractivity contribution is 9.10. The monoisotopic (exact) mass is 534 g/mol. The van der Waals surface area contributed by atoms with E-state index in [-0.39, 0.29) is 29.7 Å². The Morgan fingerprint density at radius 1 is 1.12 bits per heavy atom. The number of piperidine rings is 1. The molecular formula is C27H43BrN4O2. The highest BCUT2D eigenvalue weighted by atomic mass is 79.9. The highest BCUT2D eigenvalue weighted by Crippen LogP contribution is 2.36. The van der Waals surface area contributed by atoms with Crippen molar-refractivity contribution in [2.45, 2.75) is 84.8 Å². The number of nitrogens with one attached hydrogen (secondary N) is 2. The summed E-state index contributed by atoms with van der Waals surface area (Å²) >= 11 is 3.73. The average molecular weight is 536 g/mol. The van der Waals surface area contributed by atoms with Crippen molar-refractivity contribution in [2.24, 2.45) is 11.8 Å². The third-order valence-electron chi connectivity index (χ3n) is 8.09. The van der Waals surface area contributed by atoms with Crippen LogP contribution in [0.3, 0.4) is 0 Å². The molecule has 7 heteroatoms. The first-order chi connectivity index (χ1) is 16.0. The SMILES string of the molecule is CCN(c1cc(Br)c(C)c(C(=O)NCC2C(=O)NC(C)CC2C)c1C)C1CCC(N(C)C)CC1. The predicted octanol–water partition coefficient (Wildman–Crippen LogP) is 4.66. The topological polar surface area (TPSA) is 64.7 Å². The molecule has 190 valence electrons. The first-order valence-electron chi connectivity index (χ1n) is 12.9. The number of benzene rings is 1. The van der Waals surface area contributed by atoms with Crippen LogP contribution in [0.15, 0.2) is 10.5 Å². The van der Waals surface area contributed by atoms with Gasteiger partial charge < -0.3 is 20.4 Å². The largest absolute Gasteiger partial charge is 0.369 e. The number of carbonyl (C=O) groups is 2. The number of carbonyl (C=O) groups excluding carboxylic acids is 2. The molecule has 0 radical (unpaired) electrons. The van der Waals surface area contributed by atoms with E-state index in [1.165, 1.54) is 12.8 Å². The van der Waals surface area contributed by atoms with Crippen molar-refractivity contribution in [1.29, 1.82) is 0 Å². The minimum absolute atomic E-state index is 0.0420. The number of anilines is 1. The summed E-state index contributed by atoms with van der Waals surface area (Å²) in [4.78, 5) is 30.8. The van der Waals surface area contributed by atoms with E-state index in [0.717, 1.165) is 52.7 Å². The Balaban J connectivity index is 1.80. The summed E-state index contributed by atoms with van der Waals surface area (Å²) in [5.74, 6) is 0.00699. The fourth-order valence-corrected chi connectivity index (χ4v) is 6.40. The van der Waals surface area contributed by atoms with Crippen molar-refractivity contribution in [2.75, 3.05) is 32.1 Å². The van der Waals surface area contributed by atoms with E-state index in [0.29, 0.717) is 18.6 Å². The lowest BCUT2D eigenvalue weighted by Crippen LogP contribution is -2.50. The molecule has 3 rings (SSSR count). The molecule has 2 N–H and O–H groups in total. The normalized spacial score (nSPS) is 27.4. The number of hydrogen-bond acceptors (Lipinski definition) is 4. The summed E-state index contributed by atoms with van der Waals surface area (Å²) in [7, 11) is 4.35. The number of hydrogen-bond donors (Lipinski definition) is 2. The fourth-order valence-electron chi connectivity index (χ4n) is 5.99. The van der Waals surface area contributed by atoms with Crippen LogP contribution in [0, 0.1) is 25.7 Å². The van der Waals surface area contributed by atoms with Gasteiger partial charge in [-0.2, -0.15) is 0 Å². The minimum Gasteiger partial charge on any atom is -0.369 e. The first-order valence-corrected chi connectivity index (χ1v) is 13.7. The maximum absolute atomic E-state index is 13.4. The molecule has 3 unspecified atom stereocenters. The van der Waals surface area contributed by atoms with Crippen molar-refractivity contribution in [1.82, 2.24) is 15.5 Å². The van der Waals surface area contributed by atoms with E-state index in [4.69, 9.17) is 0 Å². The molecule has 1 saturated carbocycles. The zero-order chi connectivity index (χ0) is 25.2. The van der Waals surface area contributed by atoms with E-state index in [9.17, 15) is 9.59 Å². The van der Waals surface area contributed by atoms with Gasteiger partial charge >= 0.3 is 0 Å². The van der Waals surface area contributed by atoms with Crippen LogP contribution in [-0.2, 0) is 4.79 Å². The van der Waals surface area contributed by atoms with E-state index in [1.54, 1.807) is 0 Å². The van der Waals surface area contributed by atoms with Crippen LogP contribution in [0.4, 0.5) is 5.69 Å². The molecule has 0 spiro atoms. The second kappa shape index (κ2) is 11.4. The number of amides is 2. The lowest BCUT2D eigenvalue weighted by molar-refractivity contribution is -0.129. The summed E-state index contributed by atoms with van der Waals surface area (Å²) in [6.07, 6.45) is 5.67. The van der Waals surface area contributed by atoms with Gasteiger partial charge in [-0.25, -0.2) is 0 Å². The third kappa shape index (κ3) is 5.78. The van der Waals surface area contributed by atoms with Crippen molar-refractivity contribution >= 4 is 33.4 Å². The molecule has 34 heavy (non-hydrogen) atoms. The fraction of sp³-hybridized carbons (Fsp3) is 0.704. The molecule has 3 atom stereocenters. The van der Waals surface area contributed by atoms with Crippen LogP contribution >= 0.6 is 15.9 Å². The average Bonchev–Trinajstić information content (AvgIpc) is 2.77. The van der Waals surface area contributed by atoms with Gasteiger partial charge in [-0.1, -0.05) is 22.9 Å². The zero-order valence-corrected chi connectivity index (χ0v) is 23.6. The van der Waals surface area contributed by atoms with Crippen molar-refractivity contribution in [3.05, 3.63) is 27.2 Å². The number of nitrogens with zero attached hydrogens (tertiary/aromatic N) is 2. The molecule has 1 aromatic carbocycles. The summed E-state index contributed by atoms with van der Waals surface area (Å²) in [6.45, 7) is 11.7. The highest BCUT2D eigenvalue weighted by Gasteiger charge is 2.33. The molecule has 1 aromatic rings. The maximum atomic E-state index is 13.4. The van der Waals surface area contributed by atoms with Gasteiger partial charge in [-0.05, 0) is 97.0 Å². The minimum atomic E-state index is -0.189. The summed E-state index contributed by atoms with van der Waals surface area (Å²) < 4.78 is 0.955. The van der Waals surface area contributed by atoms with Crippen LogP contribution in [0.5, 0.6) is 0 Å². The number of rotatable bonds is 7. The lowest BCUT2D eigenvalue weighted by Gasteiger charge is -2.40. The van der Waals surface area contributed by atoms with Crippen LogP contribution < -0.4 is 15.5 Å². The first kappa shape index (κ1) is 27.0. The Morgan fingerprint density at radius 3 is 2.29 bits per heavy atom. The van der Waals surface area contributed by atoms with Gasteiger partial charge in [0.2, 0.25) is 5.91 Å². The second-order valence-corrected chi connectivity index (χ2v) is 11.5. The molecule has 1 saturated heterocycles. The van der Waals surface area contributed by atoms with E-state index in [1.807, 2.05) is 13.8 Å². The Labute approximate surface area is 214 Å².